The molecule has 0 spiro atoms. The van der Waals surface area contributed by atoms with Gasteiger partial charge in [-0.2, -0.15) is 5.10 Å². The summed E-state index contributed by atoms with van der Waals surface area (Å²) >= 11 is 1.35. The van der Waals surface area contributed by atoms with Crippen LogP contribution in [-0.2, 0) is 20.9 Å². The summed E-state index contributed by atoms with van der Waals surface area (Å²) in [5.74, 6) is 0.369. The van der Waals surface area contributed by atoms with Crippen molar-refractivity contribution in [1.82, 2.24) is 5.32 Å². The zero-order valence-corrected chi connectivity index (χ0v) is 13.6. The van der Waals surface area contributed by atoms with E-state index in [0.717, 1.165) is 30.6 Å². The van der Waals surface area contributed by atoms with E-state index in [-0.39, 0.29) is 12.0 Å². The molecule has 23 heavy (non-hydrogen) atoms. The lowest BCUT2D eigenvalue weighted by atomic mass is 10.1. The molecule has 2 saturated heterocycles. The number of amides is 1. The maximum absolute atomic E-state index is 11.1. The van der Waals surface area contributed by atoms with Gasteiger partial charge in [0.15, 0.2) is 5.17 Å². The third-order valence-corrected chi connectivity index (χ3v) is 4.44. The Morgan fingerprint density at radius 1 is 1.43 bits per heavy atom. The first-order valence-electron chi connectivity index (χ1n) is 7.62. The molecule has 1 aromatic rings. The van der Waals surface area contributed by atoms with Gasteiger partial charge in [0.2, 0.25) is 5.91 Å². The van der Waals surface area contributed by atoms with Crippen molar-refractivity contribution in [3.8, 4) is 0 Å². The van der Waals surface area contributed by atoms with E-state index in [1.807, 2.05) is 24.3 Å². The first-order valence-corrected chi connectivity index (χ1v) is 8.61. The van der Waals surface area contributed by atoms with Crippen LogP contribution < -0.4 is 5.32 Å². The Hall–Kier alpha value is -1.70. The predicted molar refractivity (Wildman–Crippen MR) is 90.7 cm³/mol. The van der Waals surface area contributed by atoms with Crippen LogP contribution in [0.3, 0.4) is 0 Å². The van der Waals surface area contributed by atoms with Crippen LogP contribution in [0.2, 0.25) is 0 Å². The number of hydrogen-bond acceptors (Lipinski definition) is 6. The molecule has 1 unspecified atom stereocenters. The van der Waals surface area contributed by atoms with Gasteiger partial charge in [-0.1, -0.05) is 36.0 Å². The summed E-state index contributed by atoms with van der Waals surface area (Å²) in [5, 5.41) is 11.2. The Balaban J connectivity index is 1.55. The molecule has 1 amide bonds. The molecule has 0 aromatic heterocycles. The van der Waals surface area contributed by atoms with Crippen LogP contribution in [0.4, 0.5) is 0 Å². The van der Waals surface area contributed by atoms with Gasteiger partial charge in [0, 0.05) is 12.2 Å². The van der Waals surface area contributed by atoms with Gasteiger partial charge < -0.3 is 14.8 Å². The first-order chi connectivity index (χ1) is 11.3. The molecule has 122 valence electrons. The molecule has 0 radical (unpaired) electrons. The van der Waals surface area contributed by atoms with Gasteiger partial charge in [-0.3, -0.25) is 4.79 Å². The molecule has 1 N–H and O–H groups in total. The number of hydrogen-bond donors (Lipinski definition) is 1. The fraction of sp³-hybridized carbons (Fsp3) is 0.438. The number of nitrogens with zero attached hydrogens (tertiary/aromatic N) is 2. The number of amidine groups is 1. The monoisotopic (exact) mass is 333 g/mol. The van der Waals surface area contributed by atoms with Crippen molar-refractivity contribution in [3.63, 3.8) is 0 Å². The SMILES string of the molecule is O=C1CSC(=NN=Cc2ccccc2COCC2CCCO2)N1. The van der Waals surface area contributed by atoms with Gasteiger partial charge in [-0.25, -0.2) is 0 Å². The molecule has 2 aliphatic heterocycles. The van der Waals surface area contributed by atoms with Crippen molar-refractivity contribution < 1.29 is 14.3 Å². The van der Waals surface area contributed by atoms with Gasteiger partial charge in [-0.05, 0) is 18.4 Å². The zero-order valence-electron chi connectivity index (χ0n) is 12.7. The number of thioether (sulfide) groups is 1. The standard InChI is InChI=1S/C16H19N3O3S/c20-15-11-23-16(18-15)19-17-8-12-4-1-2-5-13(12)9-21-10-14-6-3-7-22-14/h1-2,4-5,8,14H,3,6-7,9-11H2,(H,18,19,20). The fourth-order valence-electron chi connectivity index (χ4n) is 2.39. The first kappa shape index (κ1) is 16.2. The summed E-state index contributed by atoms with van der Waals surface area (Å²) in [6.45, 7) is 1.98. The predicted octanol–water partition coefficient (Wildman–Crippen LogP) is 1.94. The molecule has 1 atom stereocenters. The summed E-state index contributed by atoms with van der Waals surface area (Å²) in [6, 6.07) is 7.90. The van der Waals surface area contributed by atoms with E-state index in [1.54, 1.807) is 6.21 Å². The number of nitrogens with one attached hydrogen (secondary N) is 1. The molecule has 2 aliphatic rings. The van der Waals surface area contributed by atoms with Crippen molar-refractivity contribution in [2.45, 2.75) is 25.6 Å². The molecular weight excluding hydrogens is 314 g/mol. The minimum Gasteiger partial charge on any atom is -0.376 e. The van der Waals surface area contributed by atoms with Crippen LogP contribution in [0, 0.1) is 0 Å². The van der Waals surface area contributed by atoms with Gasteiger partial charge in [-0.15, -0.1) is 5.10 Å². The fourth-order valence-corrected chi connectivity index (χ4v) is 3.02. The third kappa shape index (κ3) is 4.89. The minimum atomic E-state index is -0.0353. The highest BCUT2D eigenvalue weighted by atomic mass is 32.2. The molecule has 0 saturated carbocycles. The van der Waals surface area contributed by atoms with Crippen LogP contribution in [-0.4, -0.2) is 42.4 Å². The second kappa shape index (κ2) is 8.24. The van der Waals surface area contributed by atoms with Crippen molar-refractivity contribution in [1.29, 1.82) is 0 Å². The molecule has 2 fully saturated rings. The Morgan fingerprint density at radius 2 is 2.35 bits per heavy atom. The van der Waals surface area contributed by atoms with Crippen LogP contribution in [0.1, 0.15) is 24.0 Å². The highest BCUT2D eigenvalue weighted by Crippen LogP contribution is 2.14. The van der Waals surface area contributed by atoms with Gasteiger partial charge in [0.1, 0.15) is 0 Å². The lowest BCUT2D eigenvalue weighted by Gasteiger charge is -2.11. The average Bonchev–Trinajstić information content (AvgIpc) is 3.21. The lowest BCUT2D eigenvalue weighted by molar-refractivity contribution is -0.116. The molecular formula is C16H19N3O3S. The molecule has 7 heteroatoms. The molecule has 0 aliphatic carbocycles. The van der Waals surface area contributed by atoms with Crippen LogP contribution >= 0.6 is 11.8 Å². The molecule has 2 heterocycles. The van der Waals surface area contributed by atoms with Gasteiger partial charge in [0.05, 0.1) is 31.3 Å². The van der Waals surface area contributed by atoms with Crippen LogP contribution in [0.15, 0.2) is 34.5 Å². The van der Waals surface area contributed by atoms with E-state index in [9.17, 15) is 4.79 Å². The molecule has 3 rings (SSSR count). The van der Waals surface area contributed by atoms with Crippen LogP contribution in [0.25, 0.3) is 0 Å². The summed E-state index contributed by atoms with van der Waals surface area (Å²) in [7, 11) is 0. The smallest absolute Gasteiger partial charge is 0.236 e. The Kier molecular flexibility index (Phi) is 5.79. The summed E-state index contributed by atoms with van der Waals surface area (Å²) in [5.41, 5.74) is 2.01. The maximum Gasteiger partial charge on any atom is 0.236 e. The van der Waals surface area contributed by atoms with E-state index in [1.165, 1.54) is 11.8 Å². The highest BCUT2D eigenvalue weighted by molar-refractivity contribution is 8.15. The summed E-state index contributed by atoms with van der Waals surface area (Å²) in [4.78, 5) is 11.1. The zero-order chi connectivity index (χ0) is 15.9. The highest BCUT2D eigenvalue weighted by Gasteiger charge is 2.16. The number of ether oxygens (including phenoxy) is 2. The Morgan fingerprint density at radius 3 is 3.13 bits per heavy atom. The summed E-state index contributed by atoms with van der Waals surface area (Å²) < 4.78 is 11.3. The largest absolute Gasteiger partial charge is 0.376 e. The molecule has 6 nitrogen and oxygen atoms in total. The van der Waals surface area contributed by atoms with Crippen molar-refractivity contribution in [2.24, 2.45) is 10.2 Å². The molecule has 1 aromatic carbocycles. The molecule has 0 bridgehead atoms. The number of carbonyl (C=O) groups excluding carboxylic acids is 1. The second-order valence-electron chi connectivity index (χ2n) is 5.34. The van der Waals surface area contributed by atoms with E-state index < -0.39 is 0 Å². The third-order valence-electron chi connectivity index (χ3n) is 3.57. The quantitative estimate of drug-likeness (QED) is 0.638. The normalized spacial score (nSPS) is 23.0. The number of carbonyl (C=O) groups is 1. The Labute approximate surface area is 139 Å². The van der Waals surface area contributed by atoms with Crippen molar-refractivity contribution in [3.05, 3.63) is 35.4 Å². The average molecular weight is 333 g/mol. The van der Waals surface area contributed by atoms with E-state index >= 15 is 0 Å². The van der Waals surface area contributed by atoms with E-state index in [0.29, 0.717) is 24.1 Å². The number of rotatable bonds is 6. The van der Waals surface area contributed by atoms with Crippen molar-refractivity contribution in [2.75, 3.05) is 19.0 Å². The van der Waals surface area contributed by atoms with E-state index in [4.69, 9.17) is 9.47 Å². The second-order valence-corrected chi connectivity index (χ2v) is 6.30. The van der Waals surface area contributed by atoms with E-state index in [2.05, 4.69) is 15.5 Å². The Bertz CT molecular complexity index is 612. The van der Waals surface area contributed by atoms with Gasteiger partial charge >= 0.3 is 0 Å². The number of benzene rings is 1. The van der Waals surface area contributed by atoms with Gasteiger partial charge in [0.25, 0.3) is 0 Å². The maximum atomic E-state index is 11.1. The van der Waals surface area contributed by atoms with Crippen LogP contribution in [0.5, 0.6) is 0 Å². The topological polar surface area (TPSA) is 72.3 Å². The lowest BCUT2D eigenvalue weighted by Crippen LogP contribution is -2.19. The summed E-state index contributed by atoms with van der Waals surface area (Å²) in [6.07, 6.45) is 4.10. The van der Waals surface area contributed by atoms with Crippen molar-refractivity contribution >= 4 is 29.1 Å². The minimum absolute atomic E-state index is 0.0353.